The van der Waals surface area contributed by atoms with Gasteiger partial charge in [-0.25, -0.2) is 9.78 Å². The summed E-state index contributed by atoms with van der Waals surface area (Å²) in [6.07, 6.45) is 2.78. The van der Waals surface area contributed by atoms with Crippen molar-refractivity contribution in [2.45, 2.75) is 12.7 Å². The Balaban J connectivity index is 1.92. The fraction of sp³-hybridized carbons (Fsp3) is 0.176. The fourth-order valence-corrected chi connectivity index (χ4v) is 2.17. The molecule has 2 heterocycles. The Morgan fingerprint density at radius 3 is 2.88 bits per heavy atom. The molecule has 0 saturated carbocycles. The van der Waals surface area contributed by atoms with E-state index < -0.39 is 12.1 Å². The molecule has 1 N–H and O–H groups in total. The van der Waals surface area contributed by atoms with Gasteiger partial charge in [-0.2, -0.15) is 0 Å². The van der Waals surface area contributed by atoms with Crippen molar-refractivity contribution in [2.75, 3.05) is 7.11 Å². The first-order chi connectivity index (χ1) is 11.7. The smallest absolute Gasteiger partial charge is 0.376 e. The van der Waals surface area contributed by atoms with Crippen molar-refractivity contribution in [1.29, 1.82) is 0 Å². The average Bonchev–Trinajstić information content (AvgIpc) is 3.10. The number of benzene rings is 1. The first-order valence-corrected chi connectivity index (χ1v) is 7.15. The van der Waals surface area contributed by atoms with Crippen LogP contribution in [0, 0.1) is 0 Å². The van der Waals surface area contributed by atoms with Crippen molar-refractivity contribution in [2.24, 2.45) is 0 Å². The van der Waals surface area contributed by atoms with Gasteiger partial charge in [0.05, 0.1) is 13.4 Å². The quantitative estimate of drug-likeness (QED) is 0.841. The second-order valence-corrected chi connectivity index (χ2v) is 4.88. The lowest BCUT2D eigenvalue weighted by molar-refractivity contribution is 0.0563. The molecular weight excluding hydrogens is 314 g/mol. The SMILES string of the molecule is COC(=O)c1ocnc1C1=C(OCc2ccccc2)C(O)C=CO1. The summed E-state index contributed by atoms with van der Waals surface area (Å²) in [6.45, 7) is 0.222. The Labute approximate surface area is 137 Å². The number of ether oxygens (including phenoxy) is 3. The molecule has 2 aromatic rings. The van der Waals surface area contributed by atoms with E-state index in [1.165, 1.54) is 19.4 Å². The standard InChI is InChI=1S/C17H15NO6/c1-21-17(20)16-13(18-10-24-16)15-14(12(19)7-8-22-15)23-9-11-5-3-2-4-6-11/h2-8,10,12,19H,9H2,1H3. The second-order valence-electron chi connectivity index (χ2n) is 4.88. The van der Waals surface area contributed by atoms with E-state index in [-0.39, 0.29) is 29.6 Å². The summed E-state index contributed by atoms with van der Waals surface area (Å²) < 4.78 is 20.8. The van der Waals surface area contributed by atoms with E-state index in [0.29, 0.717) is 0 Å². The third-order valence-corrected chi connectivity index (χ3v) is 3.33. The van der Waals surface area contributed by atoms with Crippen LogP contribution in [0.1, 0.15) is 21.8 Å². The number of oxazole rings is 1. The molecule has 7 heteroatoms. The molecule has 1 aliphatic rings. The van der Waals surface area contributed by atoms with Crippen molar-refractivity contribution in [3.05, 3.63) is 71.8 Å². The van der Waals surface area contributed by atoms with E-state index in [1.807, 2.05) is 30.3 Å². The number of carbonyl (C=O) groups is 1. The molecule has 0 amide bonds. The lowest BCUT2D eigenvalue weighted by Crippen LogP contribution is -2.18. The predicted molar refractivity (Wildman–Crippen MR) is 82.2 cm³/mol. The van der Waals surface area contributed by atoms with Gasteiger partial charge in [-0.1, -0.05) is 30.3 Å². The molecule has 0 spiro atoms. The first kappa shape index (κ1) is 15.8. The van der Waals surface area contributed by atoms with Crippen LogP contribution >= 0.6 is 0 Å². The molecule has 3 rings (SSSR count). The molecule has 1 atom stereocenters. The van der Waals surface area contributed by atoms with Crippen molar-refractivity contribution in [1.82, 2.24) is 4.98 Å². The van der Waals surface area contributed by atoms with E-state index in [0.717, 1.165) is 12.0 Å². The highest BCUT2D eigenvalue weighted by molar-refractivity contribution is 5.91. The van der Waals surface area contributed by atoms with Crippen LogP contribution in [0.4, 0.5) is 0 Å². The summed E-state index contributed by atoms with van der Waals surface area (Å²) >= 11 is 0. The zero-order valence-electron chi connectivity index (χ0n) is 12.8. The van der Waals surface area contributed by atoms with E-state index in [2.05, 4.69) is 9.72 Å². The minimum Gasteiger partial charge on any atom is -0.486 e. The topological polar surface area (TPSA) is 91.0 Å². The van der Waals surface area contributed by atoms with E-state index in [1.54, 1.807) is 0 Å². The predicted octanol–water partition coefficient (Wildman–Crippen LogP) is 2.25. The highest BCUT2D eigenvalue weighted by atomic mass is 16.5. The molecule has 1 unspecified atom stereocenters. The van der Waals surface area contributed by atoms with Crippen LogP contribution in [-0.4, -0.2) is 29.3 Å². The van der Waals surface area contributed by atoms with Gasteiger partial charge in [-0.15, -0.1) is 0 Å². The summed E-state index contributed by atoms with van der Waals surface area (Å²) in [7, 11) is 1.23. The number of nitrogens with zero attached hydrogens (tertiary/aromatic N) is 1. The van der Waals surface area contributed by atoms with Gasteiger partial charge in [0, 0.05) is 0 Å². The number of hydrogen-bond donors (Lipinski definition) is 1. The monoisotopic (exact) mass is 329 g/mol. The van der Waals surface area contributed by atoms with Gasteiger partial charge >= 0.3 is 5.97 Å². The van der Waals surface area contributed by atoms with Crippen LogP contribution in [0.2, 0.25) is 0 Å². The van der Waals surface area contributed by atoms with Crippen LogP contribution in [0.15, 0.2) is 59.2 Å². The molecule has 1 aromatic heterocycles. The first-order valence-electron chi connectivity index (χ1n) is 7.15. The Bertz CT molecular complexity index is 777. The van der Waals surface area contributed by atoms with Gasteiger partial charge in [0.15, 0.2) is 23.6 Å². The van der Waals surface area contributed by atoms with Gasteiger partial charge in [0.2, 0.25) is 5.76 Å². The van der Waals surface area contributed by atoms with E-state index >= 15 is 0 Å². The average molecular weight is 329 g/mol. The number of esters is 1. The second kappa shape index (κ2) is 7.01. The minimum atomic E-state index is -1.03. The Hall–Kier alpha value is -3.06. The summed E-state index contributed by atoms with van der Waals surface area (Å²) in [5.41, 5.74) is 1.02. The van der Waals surface area contributed by atoms with Gasteiger partial charge in [0.25, 0.3) is 0 Å². The molecule has 24 heavy (non-hydrogen) atoms. The fourth-order valence-electron chi connectivity index (χ4n) is 2.17. The summed E-state index contributed by atoms with van der Waals surface area (Å²) in [4.78, 5) is 15.7. The Morgan fingerprint density at radius 2 is 2.12 bits per heavy atom. The largest absolute Gasteiger partial charge is 0.486 e. The normalized spacial score (nSPS) is 16.7. The number of methoxy groups -OCH3 is 1. The van der Waals surface area contributed by atoms with Gasteiger partial charge in [-0.05, 0) is 11.6 Å². The zero-order chi connectivity index (χ0) is 16.9. The summed E-state index contributed by atoms with van der Waals surface area (Å²) in [6, 6.07) is 9.45. The van der Waals surface area contributed by atoms with Crippen LogP contribution in [-0.2, 0) is 20.8 Å². The molecule has 0 aliphatic carbocycles. The number of aliphatic hydroxyl groups excluding tert-OH is 1. The van der Waals surface area contributed by atoms with Gasteiger partial charge in [0.1, 0.15) is 12.7 Å². The summed E-state index contributed by atoms with van der Waals surface area (Å²) in [5.74, 6) is -0.587. The number of rotatable bonds is 5. The van der Waals surface area contributed by atoms with E-state index in [4.69, 9.17) is 13.9 Å². The number of aromatic nitrogens is 1. The van der Waals surface area contributed by atoms with Gasteiger partial charge < -0.3 is 23.7 Å². The molecule has 1 aromatic carbocycles. The van der Waals surface area contributed by atoms with Crippen LogP contribution in [0.5, 0.6) is 0 Å². The van der Waals surface area contributed by atoms with Crippen LogP contribution < -0.4 is 0 Å². The minimum absolute atomic E-state index is 0.105. The number of aliphatic hydroxyl groups is 1. The zero-order valence-corrected chi connectivity index (χ0v) is 12.8. The maximum Gasteiger partial charge on any atom is 0.376 e. The molecular formula is C17H15NO6. The number of carbonyl (C=O) groups excluding carboxylic acids is 1. The molecule has 0 radical (unpaired) electrons. The molecule has 124 valence electrons. The van der Waals surface area contributed by atoms with Crippen molar-refractivity contribution in [3.8, 4) is 0 Å². The lowest BCUT2D eigenvalue weighted by atomic mass is 10.1. The highest BCUT2D eigenvalue weighted by Gasteiger charge is 2.29. The molecule has 1 aliphatic heterocycles. The van der Waals surface area contributed by atoms with Crippen LogP contribution in [0.25, 0.3) is 5.76 Å². The van der Waals surface area contributed by atoms with Crippen LogP contribution in [0.3, 0.4) is 0 Å². The van der Waals surface area contributed by atoms with E-state index in [9.17, 15) is 9.90 Å². The molecule has 0 bridgehead atoms. The van der Waals surface area contributed by atoms with Gasteiger partial charge in [-0.3, -0.25) is 0 Å². The van der Waals surface area contributed by atoms with Crippen molar-refractivity contribution >= 4 is 11.7 Å². The maximum atomic E-state index is 11.8. The summed E-state index contributed by atoms with van der Waals surface area (Å²) in [5, 5.41) is 10.2. The Kier molecular flexibility index (Phi) is 4.62. The third-order valence-electron chi connectivity index (χ3n) is 3.33. The highest BCUT2D eigenvalue weighted by Crippen LogP contribution is 2.30. The molecule has 7 nitrogen and oxygen atoms in total. The van der Waals surface area contributed by atoms with Crippen molar-refractivity contribution in [3.63, 3.8) is 0 Å². The van der Waals surface area contributed by atoms with Crippen molar-refractivity contribution < 1.29 is 28.5 Å². The number of hydrogen-bond acceptors (Lipinski definition) is 7. The molecule has 0 fully saturated rings. The lowest BCUT2D eigenvalue weighted by Gasteiger charge is -2.20. The maximum absolute atomic E-state index is 11.8. The Morgan fingerprint density at radius 1 is 1.33 bits per heavy atom. The third kappa shape index (κ3) is 3.16. The molecule has 0 saturated heterocycles.